The number of fused-ring (bicyclic) bond motifs is 3. The molecule has 10 rings (SSSR count). The monoisotopic (exact) mass is 562 g/mol. The van der Waals surface area contributed by atoms with Gasteiger partial charge in [0.1, 0.15) is 0 Å². The summed E-state index contributed by atoms with van der Waals surface area (Å²) in [6, 6.07) is 30.9. The average Bonchev–Trinajstić information content (AvgIpc) is 3.88. The lowest BCUT2D eigenvalue weighted by Gasteiger charge is -2.06. The molecule has 208 valence electrons. The van der Waals surface area contributed by atoms with Crippen LogP contribution in [0.15, 0.2) is 153 Å². The molecule has 4 aliphatic carbocycles. The summed E-state index contributed by atoms with van der Waals surface area (Å²) in [5.74, 6) is 0. The predicted molar refractivity (Wildman–Crippen MR) is 183 cm³/mol. The number of hydrogen-bond acceptors (Lipinski definition) is 2. The van der Waals surface area contributed by atoms with Crippen molar-refractivity contribution in [2.75, 3.05) is 0 Å². The van der Waals surface area contributed by atoms with Crippen molar-refractivity contribution in [3.05, 3.63) is 165 Å². The molecule has 2 heterocycles. The maximum Gasteiger partial charge on any atom is 0.0675 e. The van der Waals surface area contributed by atoms with Crippen molar-refractivity contribution in [2.45, 2.75) is 38.5 Å². The van der Waals surface area contributed by atoms with Crippen molar-refractivity contribution >= 4 is 44.7 Å². The number of aliphatic imine (C=N–C) groups is 2. The fourth-order valence-corrected chi connectivity index (χ4v) is 7.95. The van der Waals surface area contributed by atoms with E-state index in [1.165, 1.54) is 89.0 Å². The van der Waals surface area contributed by atoms with Crippen molar-refractivity contribution in [3.63, 3.8) is 0 Å². The Hall–Kier alpha value is -5.08. The van der Waals surface area contributed by atoms with Gasteiger partial charge in [-0.3, -0.25) is 9.98 Å². The SMILES string of the molecule is C1=C(C2=Nc3cc4cc5c(cc4cc3C2)N=C(C2=CC3=C(C=C(c4ccccc4)C3)C2)C5)CC2=C1CC(c1ccccc1)=C2. The summed E-state index contributed by atoms with van der Waals surface area (Å²) >= 11 is 0. The summed E-state index contributed by atoms with van der Waals surface area (Å²) in [6.07, 6.45) is 15.5. The van der Waals surface area contributed by atoms with Gasteiger partial charge in [0.15, 0.2) is 0 Å². The number of rotatable bonds is 4. The Morgan fingerprint density at radius 3 is 1.20 bits per heavy atom. The second kappa shape index (κ2) is 9.21. The van der Waals surface area contributed by atoms with Gasteiger partial charge in [-0.1, -0.05) is 85.0 Å². The molecular weight excluding hydrogens is 532 g/mol. The highest BCUT2D eigenvalue weighted by Gasteiger charge is 2.29. The van der Waals surface area contributed by atoms with E-state index in [0.29, 0.717) is 0 Å². The van der Waals surface area contributed by atoms with Gasteiger partial charge < -0.3 is 0 Å². The molecule has 0 aromatic heterocycles. The van der Waals surface area contributed by atoms with Crippen LogP contribution in [0.2, 0.25) is 0 Å². The van der Waals surface area contributed by atoms with Crippen LogP contribution in [-0.2, 0) is 12.8 Å². The minimum atomic E-state index is 0.918. The molecule has 0 N–H and O–H groups in total. The van der Waals surface area contributed by atoms with Crippen LogP contribution in [0.5, 0.6) is 0 Å². The molecule has 0 amide bonds. The van der Waals surface area contributed by atoms with Gasteiger partial charge in [0, 0.05) is 24.3 Å². The van der Waals surface area contributed by atoms with Gasteiger partial charge in [0.2, 0.25) is 0 Å². The van der Waals surface area contributed by atoms with Crippen molar-refractivity contribution < 1.29 is 0 Å². The molecule has 0 saturated heterocycles. The molecule has 0 fully saturated rings. The molecule has 6 aliphatic rings. The molecule has 2 heteroatoms. The zero-order valence-corrected chi connectivity index (χ0v) is 24.5. The van der Waals surface area contributed by atoms with E-state index < -0.39 is 0 Å². The highest BCUT2D eigenvalue weighted by Crippen LogP contribution is 2.45. The fraction of sp³-hybridized carbons (Fsp3) is 0.143. The zero-order chi connectivity index (χ0) is 28.8. The van der Waals surface area contributed by atoms with Crippen LogP contribution in [0.25, 0.3) is 21.9 Å². The largest absolute Gasteiger partial charge is 0.252 e. The van der Waals surface area contributed by atoms with Crippen LogP contribution in [0, 0.1) is 0 Å². The standard InChI is InChI=1S/C42H30N2/c1-3-7-25(8-4-1)27-11-29-15-35(16-30(29)12-27)41-23-37-19-33-22-40-38(20-34(33)21-39(37)43-41)24-42(44-40)36-17-31-13-28(14-32(31)18-36)26-9-5-2-6-10-26/h1-11,13,16,18-22H,12,14-15,17,23-24H2. The highest BCUT2D eigenvalue weighted by atomic mass is 14.8. The molecule has 4 aromatic rings. The normalized spacial score (nSPS) is 19.5. The van der Waals surface area contributed by atoms with Gasteiger partial charge >= 0.3 is 0 Å². The van der Waals surface area contributed by atoms with E-state index in [1.807, 2.05) is 0 Å². The Bertz CT molecular complexity index is 2070. The summed E-state index contributed by atoms with van der Waals surface area (Å²) in [6.45, 7) is 0. The van der Waals surface area contributed by atoms with E-state index in [0.717, 1.165) is 49.9 Å². The van der Waals surface area contributed by atoms with Crippen LogP contribution in [0.3, 0.4) is 0 Å². The van der Waals surface area contributed by atoms with Gasteiger partial charge in [-0.25, -0.2) is 0 Å². The van der Waals surface area contributed by atoms with E-state index in [1.54, 1.807) is 0 Å². The first-order chi connectivity index (χ1) is 21.7. The number of benzene rings is 4. The highest BCUT2D eigenvalue weighted by molar-refractivity contribution is 6.11. The van der Waals surface area contributed by atoms with E-state index in [9.17, 15) is 0 Å². The summed E-state index contributed by atoms with van der Waals surface area (Å²) in [5.41, 5.74) is 21.7. The summed E-state index contributed by atoms with van der Waals surface area (Å²) in [5, 5.41) is 2.55. The predicted octanol–water partition coefficient (Wildman–Crippen LogP) is 10.3. The maximum absolute atomic E-state index is 5.17. The summed E-state index contributed by atoms with van der Waals surface area (Å²) < 4.78 is 0. The molecule has 0 spiro atoms. The van der Waals surface area contributed by atoms with Crippen LogP contribution in [0.1, 0.15) is 47.9 Å². The number of hydrogen-bond donors (Lipinski definition) is 0. The zero-order valence-electron chi connectivity index (χ0n) is 24.5. The minimum absolute atomic E-state index is 0.918. The van der Waals surface area contributed by atoms with Crippen molar-refractivity contribution in [3.8, 4) is 0 Å². The van der Waals surface area contributed by atoms with Crippen LogP contribution in [-0.4, -0.2) is 11.4 Å². The minimum Gasteiger partial charge on any atom is -0.252 e. The van der Waals surface area contributed by atoms with E-state index in [-0.39, 0.29) is 0 Å². The average molecular weight is 563 g/mol. The molecule has 0 saturated carbocycles. The van der Waals surface area contributed by atoms with Crippen molar-refractivity contribution in [1.29, 1.82) is 0 Å². The lowest BCUT2D eigenvalue weighted by Crippen LogP contribution is -2.01. The molecule has 0 unspecified atom stereocenters. The molecule has 2 aliphatic heterocycles. The third-order valence-electron chi connectivity index (χ3n) is 10.2. The smallest absolute Gasteiger partial charge is 0.0675 e. The second-order valence-electron chi connectivity index (χ2n) is 13.0. The molecule has 44 heavy (non-hydrogen) atoms. The molecule has 0 atom stereocenters. The van der Waals surface area contributed by atoms with Gasteiger partial charge in [0.05, 0.1) is 11.4 Å². The topological polar surface area (TPSA) is 24.7 Å². The van der Waals surface area contributed by atoms with Crippen molar-refractivity contribution in [2.24, 2.45) is 9.98 Å². The van der Waals surface area contributed by atoms with Gasteiger partial charge in [-0.15, -0.1) is 0 Å². The van der Waals surface area contributed by atoms with E-state index in [4.69, 9.17) is 9.98 Å². The quantitative estimate of drug-likeness (QED) is 0.236. The van der Waals surface area contributed by atoms with E-state index >= 15 is 0 Å². The first kappa shape index (κ1) is 24.4. The lowest BCUT2D eigenvalue weighted by atomic mass is 9.96. The molecule has 2 nitrogen and oxygen atoms in total. The van der Waals surface area contributed by atoms with Crippen LogP contribution < -0.4 is 0 Å². The van der Waals surface area contributed by atoms with Crippen LogP contribution >= 0.6 is 0 Å². The Morgan fingerprint density at radius 1 is 0.386 bits per heavy atom. The summed E-state index contributed by atoms with van der Waals surface area (Å²) in [4.78, 5) is 10.3. The number of allylic oxidation sites excluding steroid dienone is 12. The maximum atomic E-state index is 5.17. The van der Waals surface area contributed by atoms with Gasteiger partial charge in [-0.05, 0) is 128 Å². The Balaban J connectivity index is 0.851. The lowest BCUT2D eigenvalue weighted by molar-refractivity contribution is 1.25. The van der Waals surface area contributed by atoms with Gasteiger partial charge in [-0.2, -0.15) is 0 Å². The Labute approximate surface area is 257 Å². The number of nitrogens with zero attached hydrogens (tertiary/aromatic N) is 2. The molecule has 0 radical (unpaired) electrons. The third kappa shape index (κ3) is 3.87. The summed E-state index contributed by atoms with van der Waals surface area (Å²) in [7, 11) is 0. The molecule has 4 aromatic carbocycles. The third-order valence-corrected chi connectivity index (χ3v) is 10.2. The Kier molecular flexibility index (Phi) is 5.10. The first-order valence-electron chi connectivity index (χ1n) is 15.8. The van der Waals surface area contributed by atoms with Crippen molar-refractivity contribution in [1.82, 2.24) is 0 Å². The molecule has 0 bridgehead atoms. The van der Waals surface area contributed by atoms with Gasteiger partial charge in [0.25, 0.3) is 0 Å². The molecular formula is C42H30N2. The first-order valence-corrected chi connectivity index (χ1v) is 15.8. The fourth-order valence-electron chi connectivity index (χ4n) is 7.95. The van der Waals surface area contributed by atoms with Crippen LogP contribution in [0.4, 0.5) is 11.4 Å². The second-order valence-corrected chi connectivity index (χ2v) is 13.0. The van der Waals surface area contributed by atoms with E-state index in [2.05, 4.69) is 109 Å². The Morgan fingerprint density at radius 2 is 0.773 bits per heavy atom.